The van der Waals surface area contributed by atoms with E-state index < -0.39 is 0 Å². The van der Waals surface area contributed by atoms with E-state index in [9.17, 15) is 9.59 Å². The number of anilines is 1. The van der Waals surface area contributed by atoms with Crippen LogP contribution in [-0.2, 0) is 11.3 Å². The fourth-order valence-corrected chi connectivity index (χ4v) is 3.17. The van der Waals surface area contributed by atoms with E-state index in [0.29, 0.717) is 10.9 Å². The maximum atomic E-state index is 12.4. The number of carbonyl (C=O) groups is 1. The zero-order valence-electron chi connectivity index (χ0n) is 13.2. The molecule has 122 valence electrons. The van der Waals surface area contributed by atoms with Crippen LogP contribution in [0, 0.1) is 0 Å². The standard InChI is InChI=1S/C18H17N3O2S/c1-2-24-16-10-6-5-9-15(16)20-17(22)11-21-12-19-14-8-4-3-7-13(14)18(21)23/h3-10,12H,2,11H2,1H3,(H,20,22). The molecule has 0 radical (unpaired) electrons. The highest BCUT2D eigenvalue weighted by molar-refractivity contribution is 7.99. The van der Waals surface area contributed by atoms with Gasteiger partial charge in [-0.25, -0.2) is 4.98 Å². The minimum absolute atomic E-state index is 0.0677. The van der Waals surface area contributed by atoms with Crippen LogP contribution in [0.2, 0.25) is 0 Å². The van der Waals surface area contributed by atoms with E-state index in [1.54, 1.807) is 30.0 Å². The third kappa shape index (κ3) is 3.49. The minimum atomic E-state index is -0.252. The van der Waals surface area contributed by atoms with Crippen LogP contribution in [0.1, 0.15) is 6.92 Å². The molecule has 0 saturated carbocycles. The molecule has 5 nitrogen and oxygen atoms in total. The van der Waals surface area contributed by atoms with E-state index in [-0.39, 0.29) is 18.0 Å². The van der Waals surface area contributed by atoms with Crippen molar-refractivity contribution in [1.82, 2.24) is 9.55 Å². The first-order chi connectivity index (χ1) is 11.7. The monoisotopic (exact) mass is 339 g/mol. The number of nitrogens with zero attached hydrogens (tertiary/aromatic N) is 2. The summed E-state index contributed by atoms with van der Waals surface area (Å²) in [6.07, 6.45) is 1.41. The number of fused-ring (bicyclic) bond motifs is 1. The Kier molecular flexibility index (Phi) is 4.96. The molecule has 0 spiro atoms. The Bertz CT molecular complexity index is 937. The van der Waals surface area contributed by atoms with Gasteiger partial charge in [0.25, 0.3) is 5.56 Å². The van der Waals surface area contributed by atoms with Crippen LogP contribution < -0.4 is 10.9 Å². The quantitative estimate of drug-likeness (QED) is 0.725. The molecule has 0 saturated heterocycles. The highest BCUT2D eigenvalue weighted by Gasteiger charge is 2.10. The second-order valence-electron chi connectivity index (χ2n) is 5.17. The molecule has 0 bridgehead atoms. The number of hydrogen-bond acceptors (Lipinski definition) is 4. The van der Waals surface area contributed by atoms with Crippen LogP contribution in [0.4, 0.5) is 5.69 Å². The van der Waals surface area contributed by atoms with E-state index in [1.807, 2.05) is 30.3 Å². The zero-order chi connectivity index (χ0) is 16.9. The van der Waals surface area contributed by atoms with Crippen LogP contribution in [0.25, 0.3) is 10.9 Å². The summed E-state index contributed by atoms with van der Waals surface area (Å²) < 4.78 is 1.33. The van der Waals surface area contributed by atoms with Crippen molar-refractivity contribution < 1.29 is 4.79 Å². The highest BCUT2D eigenvalue weighted by Crippen LogP contribution is 2.26. The molecule has 0 atom stereocenters. The molecular formula is C18H17N3O2S. The Labute approximate surface area is 143 Å². The molecule has 1 heterocycles. The van der Waals surface area contributed by atoms with Gasteiger partial charge in [0.05, 0.1) is 22.9 Å². The van der Waals surface area contributed by atoms with Gasteiger partial charge in [-0.05, 0) is 30.0 Å². The highest BCUT2D eigenvalue weighted by atomic mass is 32.2. The SMILES string of the molecule is CCSc1ccccc1NC(=O)Cn1cnc2ccccc2c1=O. The molecule has 1 N–H and O–H groups in total. The van der Waals surface area contributed by atoms with Gasteiger partial charge in [-0.15, -0.1) is 11.8 Å². The topological polar surface area (TPSA) is 64.0 Å². The van der Waals surface area contributed by atoms with Crippen molar-refractivity contribution in [3.8, 4) is 0 Å². The summed E-state index contributed by atoms with van der Waals surface area (Å²) in [7, 11) is 0. The lowest BCUT2D eigenvalue weighted by atomic mass is 10.2. The average molecular weight is 339 g/mol. The van der Waals surface area contributed by atoms with Gasteiger partial charge in [-0.2, -0.15) is 0 Å². The van der Waals surface area contributed by atoms with Crippen molar-refractivity contribution in [2.24, 2.45) is 0 Å². The zero-order valence-corrected chi connectivity index (χ0v) is 14.0. The van der Waals surface area contributed by atoms with Gasteiger partial charge >= 0.3 is 0 Å². The van der Waals surface area contributed by atoms with Crippen LogP contribution in [0.15, 0.2) is 64.5 Å². The summed E-state index contributed by atoms with van der Waals surface area (Å²) in [5.41, 5.74) is 1.17. The van der Waals surface area contributed by atoms with Crippen molar-refractivity contribution in [3.63, 3.8) is 0 Å². The molecule has 1 amide bonds. The van der Waals surface area contributed by atoms with Crippen LogP contribution >= 0.6 is 11.8 Å². The van der Waals surface area contributed by atoms with Gasteiger partial charge in [0, 0.05) is 4.90 Å². The van der Waals surface area contributed by atoms with Crippen LogP contribution in [-0.4, -0.2) is 21.2 Å². The second-order valence-corrected chi connectivity index (χ2v) is 6.48. The molecule has 3 rings (SSSR count). The summed E-state index contributed by atoms with van der Waals surface area (Å²) in [4.78, 5) is 30.0. The maximum Gasteiger partial charge on any atom is 0.261 e. The average Bonchev–Trinajstić information content (AvgIpc) is 2.60. The van der Waals surface area contributed by atoms with E-state index in [0.717, 1.165) is 16.3 Å². The van der Waals surface area contributed by atoms with Gasteiger partial charge in [0.1, 0.15) is 6.54 Å². The first-order valence-electron chi connectivity index (χ1n) is 7.65. The molecule has 1 aromatic heterocycles. The lowest BCUT2D eigenvalue weighted by Crippen LogP contribution is -2.28. The van der Waals surface area contributed by atoms with Crippen LogP contribution in [0.5, 0.6) is 0 Å². The first kappa shape index (κ1) is 16.3. The fraction of sp³-hybridized carbons (Fsp3) is 0.167. The Morgan fingerprint density at radius 1 is 1.17 bits per heavy atom. The molecule has 0 aliphatic heterocycles. The summed E-state index contributed by atoms with van der Waals surface area (Å²) in [5, 5.41) is 3.38. The van der Waals surface area contributed by atoms with E-state index >= 15 is 0 Å². The lowest BCUT2D eigenvalue weighted by Gasteiger charge is -2.11. The van der Waals surface area contributed by atoms with Gasteiger partial charge < -0.3 is 5.32 Å². The summed E-state index contributed by atoms with van der Waals surface area (Å²) in [5.74, 6) is 0.666. The molecule has 0 aliphatic rings. The number of aromatic nitrogens is 2. The van der Waals surface area contributed by atoms with Crippen molar-refractivity contribution >= 4 is 34.3 Å². The number of rotatable bonds is 5. The predicted octanol–water partition coefficient (Wildman–Crippen LogP) is 3.15. The van der Waals surface area contributed by atoms with E-state index in [1.165, 1.54) is 10.9 Å². The number of thioether (sulfide) groups is 1. The second kappa shape index (κ2) is 7.31. The van der Waals surface area contributed by atoms with Crippen molar-refractivity contribution in [3.05, 3.63) is 65.2 Å². The molecule has 24 heavy (non-hydrogen) atoms. The Hall–Kier alpha value is -2.60. The van der Waals surface area contributed by atoms with Gasteiger partial charge in [0.15, 0.2) is 0 Å². The third-order valence-corrected chi connectivity index (χ3v) is 4.46. The summed E-state index contributed by atoms with van der Waals surface area (Å²) in [6.45, 7) is 1.99. The van der Waals surface area contributed by atoms with Crippen molar-refractivity contribution in [2.75, 3.05) is 11.1 Å². The number of nitrogens with one attached hydrogen (secondary N) is 1. The normalized spacial score (nSPS) is 10.7. The third-order valence-electron chi connectivity index (χ3n) is 3.51. The smallest absolute Gasteiger partial charge is 0.261 e. The van der Waals surface area contributed by atoms with Crippen LogP contribution in [0.3, 0.4) is 0 Å². The first-order valence-corrected chi connectivity index (χ1v) is 8.63. The van der Waals surface area contributed by atoms with Gasteiger partial charge in [0.2, 0.25) is 5.91 Å². The maximum absolute atomic E-state index is 12.4. The molecule has 0 aliphatic carbocycles. The minimum Gasteiger partial charge on any atom is -0.324 e. The van der Waals surface area contributed by atoms with Crippen molar-refractivity contribution in [1.29, 1.82) is 0 Å². The molecule has 6 heteroatoms. The Balaban J connectivity index is 1.81. The predicted molar refractivity (Wildman–Crippen MR) is 97.5 cm³/mol. The van der Waals surface area contributed by atoms with Crippen molar-refractivity contribution in [2.45, 2.75) is 18.4 Å². The number of carbonyl (C=O) groups excluding carboxylic acids is 1. The number of para-hydroxylation sites is 2. The number of benzene rings is 2. The largest absolute Gasteiger partial charge is 0.324 e. The number of amides is 1. The van der Waals surface area contributed by atoms with Gasteiger partial charge in [-0.3, -0.25) is 14.2 Å². The fourth-order valence-electron chi connectivity index (χ4n) is 2.41. The number of hydrogen-bond donors (Lipinski definition) is 1. The molecular weight excluding hydrogens is 322 g/mol. The van der Waals surface area contributed by atoms with E-state index in [4.69, 9.17) is 0 Å². The molecule has 2 aromatic carbocycles. The molecule has 0 unspecified atom stereocenters. The van der Waals surface area contributed by atoms with Gasteiger partial charge in [-0.1, -0.05) is 31.2 Å². The lowest BCUT2D eigenvalue weighted by molar-refractivity contribution is -0.116. The Morgan fingerprint density at radius 3 is 2.75 bits per heavy atom. The molecule has 3 aromatic rings. The molecule has 0 fully saturated rings. The summed E-state index contributed by atoms with van der Waals surface area (Å²) in [6, 6.07) is 14.7. The summed E-state index contributed by atoms with van der Waals surface area (Å²) >= 11 is 1.66. The Morgan fingerprint density at radius 2 is 1.92 bits per heavy atom. The van der Waals surface area contributed by atoms with E-state index in [2.05, 4.69) is 17.2 Å².